The second-order valence-electron chi connectivity index (χ2n) is 3.75. The van der Waals surface area contributed by atoms with Gasteiger partial charge in [-0.25, -0.2) is 0 Å². The van der Waals surface area contributed by atoms with E-state index in [2.05, 4.69) is 20.3 Å². The number of amidine groups is 1. The number of alkyl halides is 3. The summed E-state index contributed by atoms with van der Waals surface area (Å²) in [5, 5.41) is 19.6. The molecule has 21 heavy (non-hydrogen) atoms. The fraction of sp³-hybridized carbons (Fsp3) is 0.182. The molecule has 1 aromatic rings. The molecule has 0 unspecified atom stereocenters. The molecule has 0 aromatic heterocycles. The van der Waals surface area contributed by atoms with Crippen molar-refractivity contribution in [2.75, 3.05) is 5.75 Å². The normalized spacial score (nSPS) is 17.5. The zero-order valence-corrected chi connectivity index (χ0v) is 11.0. The van der Waals surface area contributed by atoms with Crippen LogP contribution in [0.1, 0.15) is 5.56 Å². The first-order valence-corrected chi connectivity index (χ1v) is 6.44. The lowest BCUT2D eigenvalue weighted by atomic mass is 10.2. The number of amides is 1. The zero-order chi connectivity index (χ0) is 15.5. The Balaban J connectivity index is 2.06. The van der Waals surface area contributed by atoms with Gasteiger partial charge in [-0.3, -0.25) is 4.79 Å². The fourth-order valence-corrected chi connectivity index (χ4v) is 1.98. The van der Waals surface area contributed by atoms with Crippen LogP contribution >= 0.6 is 11.8 Å². The number of rotatable bonds is 3. The summed E-state index contributed by atoms with van der Waals surface area (Å²) in [6.45, 7) is 0. The van der Waals surface area contributed by atoms with Crippen LogP contribution < -0.4 is 10.1 Å². The minimum Gasteiger partial charge on any atom is -0.507 e. The average Bonchev–Trinajstić information content (AvgIpc) is 2.76. The molecule has 0 aliphatic carbocycles. The van der Waals surface area contributed by atoms with Gasteiger partial charge in [-0.05, 0) is 12.1 Å². The Labute approximate surface area is 120 Å². The van der Waals surface area contributed by atoms with Gasteiger partial charge in [0.1, 0.15) is 11.5 Å². The van der Waals surface area contributed by atoms with Gasteiger partial charge >= 0.3 is 6.36 Å². The van der Waals surface area contributed by atoms with Gasteiger partial charge in [-0.15, -0.1) is 18.3 Å². The van der Waals surface area contributed by atoms with Gasteiger partial charge in [-0.2, -0.15) is 5.10 Å². The average molecular weight is 319 g/mol. The summed E-state index contributed by atoms with van der Waals surface area (Å²) in [5.74, 6) is -0.917. The fourth-order valence-electron chi connectivity index (χ4n) is 1.35. The predicted octanol–water partition coefficient (Wildman–Crippen LogP) is 1.84. The van der Waals surface area contributed by atoms with Crippen molar-refractivity contribution in [1.82, 2.24) is 5.32 Å². The number of phenols is 1. The Bertz CT molecular complexity index is 616. The Hall–Kier alpha value is -2.23. The summed E-state index contributed by atoms with van der Waals surface area (Å²) >= 11 is 1.17. The third-order valence-corrected chi connectivity index (χ3v) is 3.03. The third kappa shape index (κ3) is 4.67. The maximum atomic E-state index is 12.0. The Kier molecular flexibility index (Phi) is 4.36. The highest BCUT2D eigenvalue weighted by Crippen LogP contribution is 2.27. The van der Waals surface area contributed by atoms with Crippen LogP contribution in [0.25, 0.3) is 0 Å². The van der Waals surface area contributed by atoms with E-state index in [0.717, 1.165) is 18.3 Å². The van der Waals surface area contributed by atoms with Gasteiger partial charge in [0.05, 0.1) is 12.0 Å². The van der Waals surface area contributed by atoms with Crippen molar-refractivity contribution in [3.8, 4) is 11.5 Å². The Morgan fingerprint density at radius 1 is 1.43 bits per heavy atom. The van der Waals surface area contributed by atoms with Crippen LogP contribution in [-0.2, 0) is 4.79 Å². The smallest absolute Gasteiger partial charge is 0.507 e. The maximum absolute atomic E-state index is 12.0. The van der Waals surface area contributed by atoms with E-state index in [1.165, 1.54) is 17.8 Å². The molecule has 1 amide bonds. The van der Waals surface area contributed by atoms with Crippen molar-refractivity contribution in [1.29, 1.82) is 0 Å². The highest BCUT2D eigenvalue weighted by atomic mass is 32.2. The summed E-state index contributed by atoms with van der Waals surface area (Å²) in [6, 6.07) is 3.04. The largest absolute Gasteiger partial charge is 0.573 e. The number of nitrogens with zero attached hydrogens (tertiary/aromatic N) is 2. The van der Waals surface area contributed by atoms with Crippen LogP contribution in [0.3, 0.4) is 0 Å². The van der Waals surface area contributed by atoms with Gasteiger partial charge in [0.2, 0.25) is 5.91 Å². The van der Waals surface area contributed by atoms with Crippen LogP contribution in [0, 0.1) is 0 Å². The number of carbonyl (C=O) groups excluding carboxylic acids is 1. The molecule has 10 heteroatoms. The standard InChI is InChI=1S/C11H8F3N3O3S/c12-11(13,14)20-7-2-1-6(8(18)3-7)4-15-17-10-16-9(19)5-21-10/h1-4,18H,5H2,(H,16,17,19). The number of carbonyl (C=O) groups is 1. The van der Waals surface area contributed by atoms with Crippen molar-refractivity contribution in [2.24, 2.45) is 10.2 Å². The van der Waals surface area contributed by atoms with Crippen molar-refractivity contribution in [3.05, 3.63) is 23.8 Å². The van der Waals surface area contributed by atoms with E-state index in [4.69, 9.17) is 0 Å². The zero-order valence-electron chi connectivity index (χ0n) is 10.2. The molecule has 2 rings (SSSR count). The minimum atomic E-state index is -4.83. The first-order valence-electron chi connectivity index (χ1n) is 5.46. The summed E-state index contributed by atoms with van der Waals surface area (Å²) in [4.78, 5) is 10.9. The summed E-state index contributed by atoms with van der Waals surface area (Å²) < 4.78 is 39.6. The lowest BCUT2D eigenvalue weighted by molar-refractivity contribution is -0.274. The van der Waals surface area contributed by atoms with Crippen LogP contribution in [0.15, 0.2) is 28.4 Å². The number of hydrogen-bond acceptors (Lipinski definition) is 6. The Morgan fingerprint density at radius 2 is 2.19 bits per heavy atom. The number of thioether (sulfide) groups is 1. The van der Waals surface area contributed by atoms with Gasteiger partial charge in [-0.1, -0.05) is 11.8 Å². The van der Waals surface area contributed by atoms with Gasteiger partial charge in [0.15, 0.2) is 5.17 Å². The number of hydrogen-bond donors (Lipinski definition) is 2. The van der Waals surface area contributed by atoms with E-state index in [1.54, 1.807) is 0 Å². The molecule has 0 spiro atoms. The number of benzene rings is 1. The molecule has 1 heterocycles. The lowest BCUT2D eigenvalue weighted by Gasteiger charge is -2.09. The van der Waals surface area contributed by atoms with E-state index in [9.17, 15) is 23.1 Å². The molecule has 1 fully saturated rings. The number of halogens is 3. The van der Waals surface area contributed by atoms with E-state index >= 15 is 0 Å². The van der Waals surface area contributed by atoms with Gasteiger partial charge in [0, 0.05) is 11.6 Å². The molecule has 2 N–H and O–H groups in total. The van der Waals surface area contributed by atoms with E-state index < -0.39 is 17.9 Å². The molecular formula is C11H8F3N3O3S. The third-order valence-electron chi connectivity index (χ3n) is 2.17. The highest BCUT2D eigenvalue weighted by Gasteiger charge is 2.31. The summed E-state index contributed by atoms with van der Waals surface area (Å²) in [5.41, 5.74) is 0.156. The van der Waals surface area contributed by atoms with Crippen molar-refractivity contribution in [2.45, 2.75) is 6.36 Å². The first kappa shape index (κ1) is 15.2. The highest BCUT2D eigenvalue weighted by molar-refractivity contribution is 8.15. The first-order chi connectivity index (χ1) is 9.83. The monoisotopic (exact) mass is 319 g/mol. The van der Waals surface area contributed by atoms with Crippen LogP contribution in [0.2, 0.25) is 0 Å². The van der Waals surface area contributed by atoms with Crippen LogP contribution in [0.5, 0.6) is 11.5 Å². The number of aromatic hydroxyl groups is 1. The topological polar surface area (TPSA) is 83.3 Å². The molecule has 0 radical (unpaired) electrons. The summed E-state index contributed by atoms with van der Waals surface area (Å²) in [6.07, 6.45) is -3.68. The van der Waals surface area contributed by atoms with E-state index in [1.807, 2.05) is 0 Å². The predicted molar refractivity (Wildman–Crippen MR) is 70.4 cm³/mol. The minimum absolute atomic E-state index is 0.156. The van der Waals surface area contributed by atoms with E-state index in [0.29, 0.717) is 5.17 Å². The lowest BCUT2D eigenvalue weighted by Crippen LogP contribution is -2.19. The number of phenolic OH excluding ortho intramolecular Hbond substituents is 1. The quantitative estimate of drug-likeness (QED) is 0.658. The SMILES string of the molecule is O=C1CSC(=NN=Cc2ccc(OC(F)(F)F)cc2O)N1. The molecule has 1 saturated heterocycles. The molecule has 112 valence electrons. The van der Waals surface area contributed by atoms with Crippen LogP contribution in [0.4, 0.5) is 13.2 Å². The van der Waals surface area contributed by atoms with E-state index in [-0.39, 0.29) is 17.2 Å². The van der Waals surface area contributed by atoms with Crippen LogP contribution in [-0.4, -0.2) is 34.5 Å². The molecule has 0 saturated carbocycles. The van der Waals surface area contributed by atoms with Crippen molar-refractivity contribution < 1.29 is 27.8 Å². The number of nitrogens with one attached hydrogen (secondary N) is 1. The second-order valence-corrected chi connectivity index (χ2v) is 4.72. The molecule has 1 aromatic carbocycles. The molecule has 0 atom stereocenters. The Morgan fingerprint density at radius 3 is 2.76 bits per heavy atom. The molecule has 0 bridgehead atoms. The molecule has 1 aliphatic heterocycles. The molecule has 1 aliphatic rings. The van der Waals surface area contributed by atoms with Gasteiger partial charge < -0.3 is 15.2 Å². The summed E-state index contributed by atoms with van der Waals surface area (Å²) in [7, 11) is 0. The molecular weight excluding hydrogens is 311 g/mol. The molecule has 6 nitrogen and oxygen atoms in total. The number of ether oxygens (including phenoxy) is 1. The maximum Gasteiger partial charge on any atom is 0.573 e. The second kappa shape index (κ2) is 6.04. The van der Waals surface area contributed by atoms with Crippen molar-refractivity contribution >= 4 is 29.1 Å². The van der Waals surface area contributed by atoms with Crippen molar-refractivity contribution in [3.63, 3.8) is 0 Å². The van der Waals surface area contributed by atoms with Gasteiger partial charge in [0.25, 0.3) is 0 Å².